The van der Waals surface area contributed by atoms with E-state index in [0.717, 1.165) is 25.0 Å². The third-order valence-electron chi connectivity index (χ3n) is 2.41. The Labute approximate surface area is 89.9 Å². The van der Waals surface area contributed by atoms with Crippen LogP contribution in [0.2, 0.25) is 0 Å². The zero-order valence-corrected chi connectivity index (χ0v) is 8.62. The molecule has 1 aromatic carbocycles. The maximum atomic E-state index is 8.61. The predicted molar refractivity (Wildman–Crippen MR) is 58.1 cm³/mol. The van der Waals surface area contributed by atoms with Crippen LogP contribution in [0, 0.1) is 11.8 Å². The van der Waals surface area contributed by atoms with Crippen molar-refractivity contribution >= 4 is 0 Å². The van der Waals surface area contributed by atoms with Gasteiger partial charge in [-0.2, -0.15) is 0 Å². The summed E-state index contributed by atoms with van der Waals surface area (Å²) in [5.74, 6) is 6.14. The van der Waals surface area contributed by atoms with E-state index < -0.39 is 0 Å². The summed E-state index contributed by atoms with van der Waals surface area (Å²) in [5, 5.41) is 8.61. The van der Waals surface area contributed by atoms with Gasteiger partial charge >= 0.3 is 0 Å². The third kappa shape index (κ3) is 2.59. The summed E-state index contributed by atoms with van der Waals surface area (Å²) in [7, 11) is 0. The average Bonchev–Trinajstić information content (AvgIpc) is 2.71. The van der Waals surface area contributed by atoms with Gasteiger partial charge in [0.2, 0.25) is 0 Å². The molecule has 0 bridgehead atoms. The quantitative estimate of drug-likeness (QED) is 0.585. The molecular weight excluding hydrogens is 188 g/mol. The van der Waals surface area contributed by atoms with Crippen molar-refractivity contribution in [2.24, 2.45) is 0 Å². The van der Waals surface area contributed by atoms with Crippen LogP contribution in [0.5, 0.6) is 0 Å². The molecular formula is C13H14O2. The molecule has 0 unspecified atom stereocenters. The summed E-state index contributed by atoms with van der Waals surface area (Å²) >= 11 is 0. The first-order valence-corrected chi connectivity index (χ1v) is 5.19. The Morgan fingerprint density at radius 3 is 3.00 bits per heavy atom. The fourth-order valence-electron chi connectivity index (χ4n) is 1.58. The fourth-order valence-corrected chi connectivity index (χ4v) is 1.58. The highest BCUT2D eigenvalue weighted by Crippen LogP contribution is 2.20. The van der Waals surface area contributed by atoms with Crippen molar-refractivity contribution in [3.63, 3.8) is 0 Å². The number of ether oxygens (including phenoxy) is 1. The van der Waals surface area contributed by atoms with Gasteiger partial charge in [-0.25, -0.2) is 0 Å². The molecule has 0 saturated heterocycles. The van der Waals surface area contributed by atoms with Gasteiger partial charge in [-0.15, -0.1) is 0 Å². The summed E-state index contributed by atoms with van der Waals surface area (Å²) < 4.78 is 5.33. The summed E-state index contributed by atoms with van der Waals surface area (Å²) in [5.41, 5.74) is 3.57. The molecule has 2 nitrogen and oxygen atoms in total. The highest BCUT2D eigenvalue weighted by molar-refractivity contribution is 5.41. The Morgan fingerprint density at radius 2 is 2.13 bits per heavy atom. The van der Waals surface area contributed by atoms with Crippen molar-refractivity contribution in [3.8, 4) is 11.8 Å². The maximum absolute atomic E-state index is 8.61. The van der Waals surface area contributed by atoms with Crippen LogP contribution in [0.3, 0.4) is 0 Å². The second-order valence-electron chi connectivity index (χ2n) is 3.61. The molecule has 1 aliphatic rings. The van der Waals surface area contributed by atoms with Crippen molar-refractivity contribution in [2.75, 3.05) is 6.61 Å². The van der Waals surface area contributed by atoms with Gasteiger partial charge in [-0.3, -0.25) is 0 Å². The Bertz CT molecular complexity index is 399. The first-order valence-electron chi connectivity index (χ1n) is 5.19. The monoisotopic (exact) mass is 202 g/mol. The van der Waals surface area contributed by atoms with Gasteiger partial charge in [0.15, 0.2) is 0 Å². The Kier molecular flexibility index (Phi) is 3.39. The van der Waals surface area contributed by atoms with E-state index in [1.807, 2.05) is 6.07 Å². The van der Waals surface area contributed by atoms with Gasteiger partial charge in [-0.1, -0.05) is 17.9 Å². The summed E-state index contributed by atoms with van der Waals surface area (Å²) in [6.45, 7) is 1.65. The van der Waals surface area contributed by atoms with E-state index in [2.05, 4.69) is 24.0 Å². The minimum absolute atomic E-state index is 0.215. The Hall–Kier alpha value is -1.30. The summed E-state index contributed by atoms with van der Waals surface area (Å²) in [6, 6.07) is 6.20. The Balaban J connectivity index is 2.05. The minimum atomic E-state index is 0.215. The third-order valence-corrected chi connectivity index (χ3v) is 2.41. The van der Waals surface area contributed by atoms with Crippen LogP contribution in [-0.2, 0) is 18.0 Å². The number of aliphatic hydroxyl groups excluding tert-OH is 1. The lowest BCUT2D eigenvalue weighted by molar-refractivity contribution is 0.134. The molecule has 78 valence electrons. The van der Waals surface area contributed by atoms with Crippen LogP contribution in [0.4, 0.5) is 0 Å². The zero-order chi connectivity index (χ0) is 10.5. The van der Waals surface area contributed by atoms with Crippen LogP contribution < -0.4 is 0 Å². The zero-order valence-electron chi connectivity index (χ0n) is 8.62. The molecule has 0 radical (unpaired) electrons. The van der Waals surface area contributed by atoms with E-state index in [1.54, 1.807) is 0 Å². The molecule has 0 amide bonds. The maximum Gasteiger partial charge on any atom is 0.0725 e. The summed E-state index contributed by atoms with van der Waals surface area (Å²) in [6.07, 6.45) is 1.51. The van der Waals surface area contributed by atoms with Crippen LogP contribution in [0.15, 0.2) is 18.2 Å². The van der Waals surface area contributed by atoms with Crippen LogP contribution in [0.25, 0.3) is 0 Å². The molecule has 2 rings (SSSR count). The number of unbranched alkanes of at least 4 members (excludes halogenated alkanes) is 1. The van der Waals surface area contributed by atoms with Crippen LogP contribution >= 0.6 is 0 Å². The van der Waals surface area contributed by atoms with E-state index in [0.29, 0.717) is 6.61 Å². The van der Waals surface area contributed by atoms with E-state index in [-0.39, 0.29) is 6.61 Å². The second kappa shape index (κ2) is 4.97. The first kappa shape index (κ1) is 10.2. The van der Waals surface area contributed by atoms with Gasteiger partial charge in [0.25, 0.3) is 0 Å². The number of benzene rings is 1. The van der Waals surface area contributed by atoms with E-state index in [4.69, 9.17) is 9.84 Å². The van der Waals surface area contributed by atoms with Crippen molar-refractivity contribution in [3.05, 3.63) is 34.9 Å². The van der Waals surface area contributed by atoms with Gasteiger partial charge in [0, 0.05) is 18.6 Å². The Morgan fingerprint density at radius 1 is 1.27 bits per heavy atom. The molecule has 15 heavy (non-hydrogen) atoms. The highest BCUT2D eigenvalue weighted by Gasteiger charge is 2.09. The molecule has 1 aliphatic heterocycles. The van der Waals surface area contributed by atoms with Crippen molar-refractivity contribution in [1.29, 1.82) is 0 Å². The highest BCUT2D eigenvalue weighted by atomic mass is 16.5. The van der Waals surface area contributed by atoms with Gasteiger partial charge in [-0.05, 0) is 29.7 Å². The molecule has 0 aromatic heterocycles. The molecule has 0 atom stereocenters. The lowest BCUT2D eigenvalue weighted by atomic mass is 10.1. The van der Waals surface area contributed by atoms with E-state index in [9.17, 15) is 0 Å². The van der Waals surface area contributed by atoms with Gasteiger partial charge in [0.1, 0.15) is 0 Å². The van der Waals surface area contributed by atoms with Crippen molar-refractivity contribution in [1.82, 2.24) is 0 Å². The number of hydrogen-bond acceptors (Lipinski definition) is 2. The summed E-state index contributed by atoms with van der Waals surface area (Å²) in [4.78, 5) is 0. The molecule has 1 heterocycles. The number of fused-ring (bicyclic) bond motifs is 1. The van der Waals surface area contributed by atoms with E-state index >= 15 is 0 Å². The van der Waals surface area contributed by atoms with Crippen LogP contribution in [0.1, 0.15) is 29.5 Å². The number of rotatable bonds is 2. The van der Waals surface area contributed by atoms with Gasteiger partial charge in [0.05, 0.1) is 13.2 Å². The normalized spacial score (nSPS) is 13.1. The molecule has 1 N–H and O–H groups in total. The molecule has 1 aromatic rings. The topological polar surface area (TPSA) is 29.5 Å². The minimum Gasteiger partial charge on any atom is -0.396 e. The molecule has 0 fully saturated rings. The SMILES string of the molecule is OCCCC#Cc1ccc2c(c1)COC2. The van der Waals surface area contributed by atoms with Crippen LogP contribution in [-0.4, -0.2) is 11.7 Å². The van der Waals surface area contributed by atoms with E-state index in [1.165, 1.54) is 11.1 Å². The second-order valence-corrected chi connectivity index (χ2v) is 3.61. The number of aliphatic hydroxyl groups is 1. The standard InChI is InChI=1S/C13H14O2/c14-7-3-1-2-4-11-5-6-12-9-15-10-13(12)8-11/h5-6,8,14H,1,3,7,9-10H2. The molecule has 0 spiro atoms. The lowest BCUT2D eigenvalue weighted by Crippen LogP contribution is -1.84. The molecule has 2 heteroatoms. The molecule has 0 aliphatic carbocycles. The fraction of sp³-hybridized carbons (Fsp3) is 0.385. The van der Waals surface area contributed by atoms with Crippen molar-refractivity contribution in [2.45, 2.75) is 26.1 Å². The average molecular weight is 202 g/mol. The van der Waals surface area contributed by atoms with Crippen molar-refractivity contribution < 1.29 is 9.84 Å². The lowest BCUT2D eigenvalue weighted by Gasteiger charge is -1.96. The largest absolute Gasteiger partial charge is 0.396 e. The first-order chi connectivity index (χ1) is 7.40. The molecule has 0 saturated carbocycles. The van der Waals surface area contributed by atoms with Gasteiger partial charge < -0.3 is 9.84 Å². The predicted octanol–water partition coefficient (Wildman–Crippen LogP) is 1.84. The number of hydrogen-bond donors (Lipinski definition) is 1. The smallest absolute Gasteiger partial charge is 0.0725 e.